The van der Waals surface area contributed by atoms with Gasteiger partial charge < -0.3 is 15.8 Å². The Morgan fingerprint density at radius 2 is 1.91 bits per heavy atom. The molecule has 3 rings (SSSR count). The van der Waals surface area contributed by atoms with E-state index in [2.05, 4.69) is 28.5 Å². The van der Waals surface area contributed by atoms with E-state index in [1.165, 1.54) is 24.0 Å². The molecule has 0 aliphatic heterocycles. The maximum absolute atomic E-state index is 5.91. The summed E-state index contributed by atoms with van der Waals surface area (Å²) in [5, 5.41) is 3.14. The van der Waals surface area contributed by atoms with E-state index in [1.54, 1.807) is 0 Å². The molecule has 0 radical (unpaired) electrons. The number of benzene rings is 2. The van der Waals surface area contributed by atoms with Crippen molar-refractivity contribution in [2.75, 3.05) is 18.5 Å². The number of rotatable bonds is 5. The van der Waals surface area contributed by atoms with Gasteiger partial charge in [-0.05, 0) is 54.7 Å². The smallest absolute Gasteiger partial charge is 0.193 e. The highest BCUT2D eigenvalue weighted by Gasteiger charge is 2.10. The minimum Gasteiger partial charge on any atom is -0.492 e. The second-order valence-electron chi connectivity index (χ2n) is 5.39. The van der Waals surface area contributed by atoms with Crippen molar-refractivity contribution >= 4 is 11.6 Å². The molecule has 0 amide bonds. The zero-order valence-corrected chi connectivity index (χ0v) is 12.6. The molecule has 0 aromatic heterocycles. The van der Waals surface area contributed by atoms with Gasteiger partial charge in [-0.3, -0.25) is 0 Å². The van der Waals surface area contributed by atoms with E-state index in [0.717, 1.165) is 17.9 Å². The van der Waals surface area contributed by atoms with Gasteiger partial charge in [0, 0.05) is 5.69 Å². The van der Waals surface area contributed by atoms with E-state index in [0.29, 0.717) is 19.1 Å². The number of nitrogens with two attached hydrogens (primary N) is 1. The number of nitrogens with zero attached hydrogens (tertiary/aromatic N) is 1. The first-order chi connectivity index (χ1) is 10.8. The van der Waals surface area contributed by atoms with Crippen molar-refractivity contribution in [3.8, 4) is 5.75 Å². The summed E-state index contributed by atoms with van der Waals surface area (Å²) in [6.45, 7) is 1.04. The van der Waals surface area contributed by atoms with Crippen molar-refractivity contribution in [3.05, 3.63) is 59.7 Å². The molecule has 3 N–H and O–H groups in total. The molecule has 2 aromatic carbocycles. The molecule has 0 heterocycles. The van der Waals surface area contributed by atoms with Gasteiger partial charge in [0.2, 0.25) is 0 Å². The molecule has 1 aliphatic rings. The first kappa shape index (κ1) is 14.4. The summed E-state index contributed by atoms with van der Waals surface area (Å²) in [6, 6.07) is 16.1. The predicted octanol–water partition coefficient (Wildman–Crippen LogP) is 2.98. The van der Waals surface area contributed by atoms with Crippen molar-refractivity contribution in [1.29, 1.82) is 0 Å². The molecule has 1 aliphatic carbocycles. The molecule has 0 saturated heterocycles. The van der Waals surface area contributed by atoms with Gasteiger partial charge in [-0.25, -0.2) is 4.99 Å². The standard InChI is InChI=1S/C18H21N3O/c19-18(20-11-12-22-17-7-2-1-3-8-17)21-16-10-9-14-5-4-6-15(14)13-16/h1-3,7-10,13H,4-6,11-12H2,(H3,19,20,21). The first-order valence-corrected chi connectivity index (χ1v) is 7.68. The largest absolute Gasteiger partial charge is 0.492 e. The van der Waals surface area contributed by atoms with Crippen LogP contribution >= 0.6 is 0 Å². The van der Waals surface area contributed by atoms with Gasteiger partial charge in [-0.2, -0.15) is 0 Å². The lowest BCUT2D eigenvalue weighted by Gasteiger charge is -2.08. The normalized spacial score (nSPS) is 13.7. The lowest BCUT2D eigenvalue weighted by Crippen LogP contribution is -2.23. The van der Waals surface area contributed by atoms with Gasteiger partial charge in [0.1, 0.15) is 12.4 Å². The monoisotopic (exact) mass is 295 g/mol. The molecular weight excluding hydrogens is 274 g/mol. The van der Waals surface area contributed by atoms with E-state index in [-0.39, 0.29) is 0 Å². The number of guanidine groups is 1. The number of fused-ring (bicyclic) bond motifs is 1. The van der Waals surface area contributed by atoms with E-state index in [4.69, 9.17) is 10.5 Å². The first-order valence-electron chi connectivity index (χ1n) is 7.68. The molecule has 0 spiro atoms. The Kier molecular flexibility index (Phi) is 4.59. The summed E-state index contributed by atoms with van der Waals surface area (Å²) in [5.41, 5.74) is 9.80. The Morgan fingerprint density at radius 1 is 1.09 bits per heavy atom. The van der Waals surface area contributed by atoms with Crippen molar-refractivity contribution in [3.63, 3.8) is 0 Å². The second kappa shape index (κ2) is 6.98. The second-order valence-corrected chi connectivity index (χ2v) is 5.39. The SMILES string of the molecule is NC(=NCCOc1ccccc1)Nc1ccc2c(c1)CCC2. The third-order valence-electron chi connectivity index (χ3n) is 3.76. The average Bonchev–Trinajstić information content (AvgIpc) is 3.00. The predicted molar refractivity (Wildman–Crippen MR) is 90.5 cm³/mol. The van der Waals surface area contributed by atoms with Crippen molar-refractivity contribution in [2.24, 2.45) is 10.7 Å². The van der Waals surface area contributed by atoms with Gasteiger partial charge in [0.25, 0.3) is 0 Å². The molecule has 0 atom stereocenters. The number of anilines is 1. The fourth-order valence-electron chi connectivity index (χ4n) is 2.68. The van der Waals surface area contributed by atoms with Crippen molar-refractivity contribution in [1.82, 2.24) is 0 Å². The topological polar surface area (TPSA) is 59.6 Å². The number of aryl methyl sites for hydroxylation is 2. The minimum absolute atomic E-state index is 0.426. The Bertz CT molecular complexity index is 653. The van der Waals surface area contributed by atoms with Crippen LogP contribution in [0.5, 0.6) is 5.75 Å². The van der Waals surface area contributed by atoms with Crippen LogP contribution in [0.3, 0.4) is 0 Å². The van der Waals surface area contributed by atoms with Crippen molar-refractivity contribution in [2.45, 2.75) is 19.3 Å². The lowest BCUT2D eigenvalue weighted by molar-refractivity contribution is 0.329. The van der Waals surface area contributed by atoms with Gasteiger partial charge in [-0.1, -0.05) is 24.3 Å². The van der Waals surface area contributed by atoms with E-state index in [9.17, 15) is 0 Å². The molecule has 114 valence electrons. The highest BCUT2D eigenvalue weighted by molar-refractivity contribution is 5.92. The fourth-order valence-corrected chi connectivity index (χ4v) is 2.68. The van der Waals surface area contributed by atoms with Crippen LogP contribution in [0.15, 0.2) is 53.5 Å². The lowest BCUT2D eigenvalue weighted by atomic mass is 10.1. The number of hydrogen-bond acceptors (Lipinski definition) is 2. The van der Waals surface area contributed by atoms with Crippen LogP contribution in [0, 0.1) is 0 Å². The summed E-state index contributed by atoms with van der Waals surface area (Å²) >= 11 is 0. The van der Waals surface area contributed by atoms with Gasteiger partial charge in [0.05, 0.1) is 6.54 Å². The molecule has 4 heteroatoms. The van der Waals surface area contributed by atoms with Crippen LogP contribution in [0.4, 0.5) is 5.69 Å². The summed E-state index contributed by atoms with van der Waals surface area (Å²) in [7, 11) is 0. The fraction of sp³-hybridized carbons (Fsp3) is 0.278. The molecule has 0 bridgehead atoms. The van der Waals surface area contributed by atoms with Crippen LogP contribution in [0.2, 0.25) is 0 Å². The third kappa shape index (κ3) is 3.79. The van der Waals surface area contributed by atoms with Crippen molar-refractivity contribution < 1.29 is 4.74 Å². The number of para-hydroxylation sites is 1. The number of hydrogen-bond donors (Lipinski definition) is 2. The molecule has 22 heavy (non-hydrogen) atoms. The van der Waals surface area contributed by atoms with Crippen LogP contribution in [-0.2, 0) is 12.8 Å². The number of ether oxygens (including phenoxy) is 1. The Hall–Kier alpha value is -2.49. The molecular formula is C18H21N3O. The van der Waals surface area contributed by atoms with Crippen LogP contribution < -0.4 is 15.8 Å². The number of aliphatic imine (C=N–C) groups is 1. The quantitative estimate of drug-likeness (QED) is 0.506. The summed E-state index contributed by atoms with van der Waals surface area (Å²) in [6.07, 6.45) is 3.60. The summed E-state index contributed by atoms with van der Waals surface area (Å²) in [5.74, 6) is 1.28. The third-order valence-corrected chi connectivity index (χ3v) is 3.76. The van der Waals surface area contributed by atoms with Gasteiger partial charge in [0.15, 0.2) is 5.96 Å². The zero-order valence-electron chi connectivity index (χ0n) is 12.6. The summed E-state index contributed by atoms with van der Waals surface area (Å²) < 4.78 is 5.58. The Morgan fingerprint density at radius 3 is 2.77 bits per heavy atom. The van der Waals surface area contributed by atoms with Crippen LogP contribution in [0.25, 0.3) is 0 Å². The Balaban J connectivity index is 1.48. The molecule has 2 aromatic rings. The maximum atomic E-state index is 5.91. The highest BCUT2D eigenvalue weighted by Crippen LogP contribution is 2.24. The molecule has 4 nitrogen and oxygen atoms in total. The average molecular weight is 295 g/mol. The summed E-state index contributed by atoms with van der Waals surface area (Å²) in [4.78, 5) is 4.29. The molecule has 0 fully saturated rings. The zero-order chi connectivity index (χ0) is 15.2. The minimum atomic E-state index is 0.426. The van der Waals surface area contributed by atoms with E-state index in [1.807, 2.05) is 30.3 Å². The Labute approximate surface area is 131 Å². The van der Waals surface area contributed by atoms with E-state index < -0.39 is 0 Å². The number of nitrogens with one attached hydrogen (secondary N) is 1. The van der Waals surface area contributed by atoms with E-state index >= 15 is 0 Å². The maximum Gasteiger partial charge on any atom is 0.193 e. The highest BCUT2D eigenvalue weighted by atomic mass is 16.5. The van der Waals surface area contributed by atoms with Crippen LogP contribution in [-0.4, -0.2) is 19.1 Å². The van der Waals surface area contributed by atoms with Crippen LogP contribution in [0.1, 0.15) is 17.5 Å². The van der Waals surface area contributed by atoms with Gasteiger partial charge >= 0.3 is 0 Å². The molecule has 0 saturated carbocycles. The molecule has 0 unspecified atom stereocenters. The van der Waals surface area contributed by atoms with Gasteiger partial charge in [-0.15, -0.1) is 0 Å².